The lowest BCUT2D eigenvalue weighted by Crippen LogP contribution is -2.48. The molecule has 0 aromatic carbocycles. The van der Waals surface area contributed by atoms with Gasteiger partial charge in [0, 0.05) is 32.4 Å². The van der Waals surface area contributed by atoms with E-state index in [2.05, 4.69) is 26.2 Å². The standard InChI is InChI=1S/C16H16F3N7/c1-10-11(2)23-24-14(12(10)9-20)25-5-7-26(8-6-25)15-21-4-3-13(22-15)16(17,18)19/h3-4H,5-8H2,1-2H3. The Kier molecular flexibility index (Phi) is 4.63. The quantitative estimate of drug-likeness (QED) is 0.808. The van der Waals surface area contributed by atoms with E-state index in [9.17, 15) is 18.4 Å². The molecule has 1 fully saturated rings. The molecule has 0 aliphatic carbocycles. The predicted octanol–water partition coefficient (Wildman–Crippen LogP) is 2.10. The van der Waals surface area contributed by atoms with Crippen molar-refractivity contribution in [1.29, 1.82) is 5.26 Å². The Morgan fingerprint density at radius 3 is 2.35 bits per heavy atom. The first-order valence-corrected chi connectivity index (χ1v) is 7.95. The fourth-order valence-corrected chi connectivity index (χ4v) is 2.73. The lowest BCUT2D eigenvalue weighted by Gasteiger charge is -2.35. The molecule has 2 aromatic rings. The first-order valence-electron chi connectivity index (χ1n) is 7.95. The van der Waals surface area contributed by atoms with Crippen molar-refractivity contribution in [3.63, 3.8) is 0 Å². The van der Waals surface area contributed by atoms with Crippen LogP contribution in [0.3, 0.4) is 0 Å². The number of nitrogens with zero attached hydrogens (tertiary/aromatic N) is 7. The van der Waals surface area contributed by atoms with E-state index in [1.807, 2.05) is 11.8 Å². The Balaban J connectivity index is 1.77. The van der Waals surface area contributed by atoms with Crippen LogP contribution in [-0.2, 0) is 6.18 Å². The van der Waals surface area contributed by atoms with E-state index in [1.165, 1.54) is 0 Å². The maximum absolute atomic E-state index is 12.8. The van der Waals surface area contributed by atoms with Gasteiger partial charge in [-0.2, -0.15) is 23.5 Å². The number of nitriles is 1. The van der Waals surface area contributed by atoms with E-state index in [0.717, 1.165) is 17.8 Å². The lowest BCUT2D eigenvalue weighted by molar-refractivity contribution is -0.141. The van der Waals surface area contributed by atoms with E-state index in [1.54, 1.807) is 11.8 Å². The summed E-state index contributed by atoms with van der Waals surface area (Å²) in [5, 5.41) is 17.6. The minimum atomic E-state index is -4.50. The van der Waals surface area contributed by atoms with E-state index in [0.29, 0.717) is 43.3 Å². The molecule has 0 amide bonds. The molecule has 0 spiro atoms. The average molecular weight is 363 g/mol. The van der Waals surface area contributed by atoms with Crippen molar-refractivity contribution in [2.24, 2.45) is 0 Å². The summed E-state index contributed by atoms with van der Waals surface area (Å²) < 4.78 is 38.4. The molecule has 26 heavy (non-hydrogen) atoms. The highest BCUT2D eigenvalue weighted by Gasteiger charge is 2.33. The van der Waals surface area contributed by atoms with E-state index >= 15 is 0 Å². The number of hydrogen-bond acceptors (Lipinski definition) is 7. The zero-order valence-electron chi connectivity index (χ0n) is 14.2. The number of rotatable bonds is 2. The highest BCUT2D eigenvalue weighted by atomic mass is 19.4. The Morgan fingerprint density at radius 1 is 1.08 bits per heavy atom. The lowest BCUT2D eigenvalue weighted by atomic mass is 10.1. The van der Waals surface area contributed by atoms with Crippen LogP contribution >= 0.6 is 0 Å². The Labute approximate surface area is 148 Å². The molecule has 0 radical (unpaired) electrons. The van der Waals surface area contributed by atoms with Gasteiger partial charge in [0.1, 0.15) is 17.3 Å². The van der Waals surface area contributed by atoms with Crippen molar-refractivity contribution < 1.29 is 13.2 Å². The van der Waals surface area contributed by atoms with Gasteiger partial charge >= 0.3 is 6.18 Å². The minimum absolute atomic E-state index is 0.0474. The highest BCUT2D eigenvalue weighted by molar-refractivity contribution is 5.58. The molecule has 0 saturated carbocycles. The van der Waals surface area contributed by atoms with Gasteiger partial charge in [0.25, 0.3) is 0 Å². The zero-order valence-corrected chi connectivity index (χ0v) is 14.2. The predicted molar refractivity (Wildman–Crippen MR) is 87.7 cm³/mol. The molecule has 0 unspecified atom stereocenters. The molecule has 3 heterocycles. The van der Waals surface area contributed by atoms with Crippen molar-refractivity contribution in [2.45, 2.75) is 20.0 Å². The SMILES string of the molecule is Cc1nnc(N2CCN(c3nccc(C(F)(F)F)n3)CC2)c(C#N)c1C. The third-order valence-corrected chi connectivity index (χ3v) is 4.34. The normalized spacial score (nSPS) is 15.1. The summed E-state index contributed by atoms with van der Waals surface area (Å²) in [4.78, 5) is 11.2. The van der Waals surface area contributed by atoms with Gasteiger partial charge in [-0.3, -0.25) is 0 Å². The van der Waals surface area contributed by atoms with Gasteiger partial charge in [-0.25, -0.2) is 9.97 Å². The minimum Gasteiger partial charge on any atom is -0.350 e. The average Bonchev–Trinajstić information content (AvgIpc) is 2.63. The molecule has 1 saturated heterocycles. The third-order valence-electron chi connectivity index (χ3n) is 4.34. The maximum Gasteiger partial charge on any atom is 0.433 e. The van der Waals surface area contributed by atoms with Gasteiger partial charge in [-0.05, 0) is 25.5 Å². The summed E-state index contributed by atoms with van der Waals surface area (Å²) in [5.74, 6) is 0.548. The fourth-order valence-electron chi connectivity index (χ4n) is 2.73. The summed E-state index contributed by atoms with van der Waals surface area (Å²) in [5.41, 5.74) is 0.987. The second-order valence-corrected chi connectivity index (χ2v) is 5.93. The van der Waals surface area contributed by atoms with Crippen LogP contribution in [-0.4, -0.2) is 46.3 Å². The number of alkyl halides is 3. The Morgan fingerprint density at radius 2 is 1.73 bits per heavy atom. The van der Waals surface area contributed by atoms with Crippen molar-refractivity contribution in [3.8, 4) is 6.07 Å². The van der Waals surface area contributed by atoms with Crippen LogP contribution in [0, 0.1) is 25.2 Å². The van der Waals surface area contributed by atoms with Gasteiger partial charge in [0.15, 0.2) is 5.82 Å². The van der Waals surface area contributed by atoms with Gasteiger partial charge in [-0.15, -0.1) is 5.10 Å². The molecule has 10 heteroatoms. The Bertz CT molecular complexity index is 852. The van der Waals surface area contributed by atoms with Gasteiger partial charge in [-0.1, -0.05) is 0 Å². The van der Waals surface area contributed by atoms with Crippen LogP contribution in [0.15, 0.2) is 12.3 Å². The summed E-state index contributed by atoms with van der Waals surface area (Å²) in [6.07, 6.45) is -3.39. The van der Waals surface area contributed by atoms with Crippen molar-refractivity contribution in [2.75, 3.05) is 36.0 Å². The van der Waals surface area contributed by atoms with Crippen molar-refractivity contribution in [1.82, 2.24) is 20.2 Å². The van der Waals surface area contributed by atoms with Crippen LogP contribution in [0.25, 0.3) is 0 Å². The molecule has 0 N–H and O–H groups in total. The maximum atomic E-state index is 12.8. The number of anilines is 2. The van der Waals surface area contributed by atoms with Gasteiger partial charge < -0.3 is 9.80 Å². The molecule has 136 valence electrons. The molecule has 7 nitrogen and oxygen atoms in total. The van der Waals surface area contributed by atoms with Crippen LogP contribution in [0.2, 0.25) is 0 Å². The Hall–Kier alpha value is -2.96. The van der Waals surface area contributed by atoms with Gasteiger partial charge in [0.05, 0.1) is 5.69 Å². The van der Waals surface area contributed by atoms with Crippen LogP contribution in [0.1, 0.15) is 22.5 Å². The van der Waals surface area contributed by atoms with E-state index < -0.39 is 11.9 Å². The monoisotopic (exact) mass is 363 g/mol. The highest BCUT2D eigenvalue weighted by Crippen LogP contribution is 2.28. The number of halogens is 3. The van der Waals surface area contributed by atoms with E-state index in [4.69, 9.17) is 0 Å². The largest absolute Gasteiger partial charge is 0.433 e. The summed E-state index contributed by atoms with van der Waals surface area (Å²) in [7, 11) is 0. The molecule has 0 atom stereocenters. The van der Waals surface area contributed by atoms with Crippen molar-refractivity contribution in [3.05, 3.63) is 34.8 Å². The van der Waals surface area contributed by atoms with E-state index in [-0.39, 0.29) is 5.95 Å². The fraction of sp³-hybridized carbons (Fsp3) is 0.438. The van der Waals surface area contributed by atoms with Crippen LogP contribution in [0.4, 0.5) is 24.9 Å². The first kappa shape index (κ1) is 17.8. The zero-order chi connectivity index (χ0) is 18.9. The number of piperazine rings is 1. The van der Waals surface area contributed by atoms with Crippen LogP contribution in [0.5, 0.6) is 0 Å². The first-order chi connectivity index (χ1) is 12.3. The number of aryl methyl sites for hydroxylation is 1. The topological polar surface area (TPSA) is 81.8 Å². The molecule has 2 aromatic heterocycles. The molecule has 1 aliphatic rings. The smallest absolute Gasteiger partial charge is 0.350 e. The number of hydrogen-bond donors (Lipinski definition) is 0. The third kappa shape index (κ3) is 3.37. The van der Waals surface area contributed by atoms with Crippen LogP contribution < -0.4 is 9.80 Å². The molecular weight excluding hydrogens is 347 g/mol. The molecule has 3 rings (SSSR count). The second kappa shape index (κ2) is 6.74. The second-order valence-electron chi connectivity index (χ2n) is 5.93. The summed E-state index contributed by atoms with van der Waals surface area (Å²) in [6, 6.07) is 3.01. The van der Waals surface area contributed by atoms with Gasteiger partial charge in [0.2, 0.25) is 5.95 Å². The van der Waals surface area contributed by atoms with Crippen molar-refractivity contribution >= 4 is 11.8 Å². The molecule has 1 aliphatic heterocycles. The molecular formula is C16H16F3N7. The summed E-state index contributed by atoms with van der Waals surface area (Å²) in [6.45, 7) is 5.40. The summed E-state index contributed by atoms with van der Waals surface area (Å²) >= 11 is 0. The number of aromatic nitrogens is 4. The molecule has 0 bridgehead atoms.